The van der Waals surface area contributed by atoms with Crippen LogP contribution in [-0.2, 0) is 16.1 Å². The zero-order chi connectivity index (χ0) is 15.2. The molecule has 0 spiro atoms. The molecule has 0 bridgehead atoms. The molecule has 112 valence electrons. The van der Waals surface area contributed by atoms with Gasteiger partial charge in [0.15, 0.2) is 0 Å². The van der Waals surface area contributed by atoms with Crippen LogP contribution in [0.5, 0.6) is 0 Å². The van der Waals surface area contributed by atoms with E-state index in [9.17, 15) is 9.59 Å². The molecule has 1 saturated carbocycles. The maximum absolute atomic E-state index is 12.3. The molecule has 0 radical (unpaired) electrons. The summed E-state index contributed by atoms with van der Waals surface area (Å²) in [5, 5.41) is 3.21. The molecule has 1 aromatic heterocycles. The summed E-state index contributed by atoms with van der Waals surface area (Å²) in [6.07, 6.45) is 2.73. The van der Waals surface area contributed by atoms with Gasteiger partial charge in [-0.1, -0.05) is 20.8 Å². The number of carbonyl (C=O) groups excluding carboxylic acids is 2. The van der Waals surface area contributed by atoms with E-state index in [0.29, 0.717) is 6.54 Å². The Labute approximate surface area is 124 Å². The van der Waals surface area contributed by atoms with E-state index in [-0.39, 0.29) is 29.1 Å². The molecule has 1 aliphatic carbocycles. The lowest BCUT2D eigenvalue weighted by Gasteiger charge is -2.20. The summed E-state index contributed by atoms with van der Waals surface area (Å²) in [7, 11) is 0. The van der Waals surface area contributed by atoms with Crippen molar-refractivity contribution in [3.05, 3.63) is 23.9 Å². The van der Waals surface area contributed by atoms with Gasteiger partial charge in [-0.05, 0) is 29.5 Å². The number of imide groups is 1. The predicted molar refractivity (Wildman–Crippen MR) is 79.3 cm³/mol. The van der Waals surface area contributed by atoms with Gasteiger partial charge in [-0.15, -0.1) is 0 Å². The van der Waals surface area contributed by atoms with Crippen molar-refractivity contribution in [3.63, 3.8) is 0 Å². The highest BCUT2D eigenvalue weighted by atomic mass is 16.2. The van der Waals surface area contributed by atoms with E-state index in [2.05, 4.69) is 17.2 Å². The SMILES string of the molecule is CCCNc1cc(CN2C(=O)C3C(C2=O)C3(C)C)ccn1. The summed E-state index contributed by atoms with van der Waals surface area (Å²) in [5.74, 6) is 0.540. The Morgan fingerprint density at radius 2 is 1.95 bits per heavy atom. The van der Waals surface area contributed by atoms with Crippen molar-refractivity contribution >= 4 is 17.6 Å². The standard InChI is InChI=1S/C16H21N3O2/c1-4-6-17-11-8-10(5-7-18-11)9-19-14(20)12-13(15(19)21)16(12,2)3/h5,7-8,12-13H,4,6,9H2,1-3H3,(H,17,18). The number of piperidine rings is 1. The lowest BCUT2D eigenvalue weighted by Crippen LogP contribution is -2.35. The smallest absolute Gasteiger partial charge is 0.233 e. The Kier molecular flexibility index (Phi) is 3.23. The van der Waals surface area contributed by atoms with Crippen molar-refractivity contribution in [2.45, 2.75) is 33.7 Å². The maximum Gasteiger partial charge on any atom is 0.233 e. The summed E-state index contributed by atoms with van der Waals surface area (Å²) < 4.78 is 0. The third-order valence-corrected chi connectivity index (χ3v) is 4.61. The van der Waals surface area contributed by atoms with Gasteiger partial charge >= 0.3 is 0 Å². The van der Waals surface area contributed by atoms with Crippen LogP contribution in [0.1, 0.15) is 32.8 Å². The van der Waals surface area contributed by atoms with Crippen LogP contribution >= 0.6 is 0 Å². The normalized spacial score (nSPS) is 26.0. The minimum absolute atomic E-state index is 0.0186. The van der Waals surface area contributed by atoms with E-state index >= 15 is 0 Å². The van der Waals surface area contributed by atoms with Crippen LogP contribution in [0.2, 0.25) is 0 Å². The fourth-order valence-corrected chi connectivity index (χ4v) is 3.26. The van der Waals surface area contributed by atoms with Crippen LogP contribution in [0.4, 0.5) is 5.82 Å². The molecular weight excluding hydrogens is 266 g/mol. The number of amides is 2. The third-order valence-electron chi connectivity index (χ3n) is 4.61. The van der Waals surface area contributed by atoms with E-state index in [1.165, 1.54) is 4.90 Å². The number of nitrogens with one attached hydrogen (secondary N) is 1. The van der Waals surface area contributed by atoms with Gasteiger partial charge in [0.2, 0.25) is 11.8 Å². The highest BCUT2D eigenvalue weighted by Crippen LogP contribution is 2.63. The maximum atomic E-state index is 12.3. The molecule has 2 fully saturated rings. The Morgan fingerprint density at radius 3 is 2.57 bits per heavy atom. The predicted octanol–water partition coefficient (Wildman–Crippen LogP) is 2.04. The molecule has 2 aliphatic rings. The second-order valence-electron chi connectivity index (χ2n) is 6.52. The number of nitrogens with zero attached hydrogens (tertiary/aromatic N) is 2. The molecule has 2 unspecified atom stereocenters. The zero-order valence-electron chi connectivity index (χ0n) is 12.7. The van der Waals surface area contributed by atoms with Gasteiger partial charge in [-0.2, -0.15) is 0 Å². The molecule has 1 aromatic rings. The van der Waals surface area contributed by atoms with Gasteiger partial charge in [0.25, 0.3) is 0 Å². The monoisotopic (exact) mass is 287 g/mol. The van der Waals surface area contributed by atoms with E-state index in [4.69, 9.17) is 0 Å². The fraction of sp³-hybridized carbons (Fsp3) is 0.562. The number of hydrogen-bond acceptors (Lipinski definition) is 4. The van der Waals surface area contributed by atoms with Gasteiger partial charge in [0, 0.05) is 12.7 Å². The number of rotatable bonds is 5. The first kappa shape index (κ1) is 14.0. The van der Waals surface area contributed by atoms with Gasteiger partial charge in [-0.3, -0.25) is 14.5 Å². The fourth-order valence-electron chi connectivity index (χ4n) is 3.26. The minimum Gasteiger partial charge on any atom is -0.370 e. The molecule has 5 heteroatoms. The second kappa shape index (κ2) is 4.83. The van der Waals surface area contributed by atoms with Crippen molar-refractivity contribution in [2.24, 2.45) is 17.3 Å². The number of hydrogen-bond donors (Lipinski definition) is 1. The number of aromatic nitrogens is 1. The van der Waals surface area contributed by atoms with E-state index in [0.717, 1.165) is 24.3 Å². The van der Waals surface area contributed by atoms with Crippen LogP contribution in [-0.4, -0.2) is 28.2 Å². The van der Waals surface area contributed by atoms with E-state index < -0.39 is 0 Å². The molecule has 21 heavy (non-hydrogen) atoms. The van der Waals surface area contributed by atoms with Crippen LogP contribution in [0.15, 0.2) is 18.3 Å². The highest BCUT2D eigenvalue weighted by Gasteiger charge is 2.72. The van der Waals surface area contributed by atoms with E-state index in [1.54, 1.807) is 6.20 Å². The summed E-state index contributed by atoms with van der Waals surface area (Å²) >= 11 is 0. The first-order valence-corrected chi connectivity index (χ1v) is 7.51. The molecule has 2 heterocycles. The Morgan fingerprint density at radius 1 is 1.29 bits per heavy atom. The average Bonchev–Trinajstić information content (AvgIpc) is 2.93. The molecule has 2 amide bonds. The number of pyridine rings is 1. The van der Waals surface area contributed by atoms with Gasteiger partial charge in [-0.25, -0.2) is 4.98 Å². The summed E-state index contributed by atoms with van der Waals surface area (Å²) in [5.41, 5.74) is 0.793. The quantitative estimate of drug-likeness (QED) is 0.842. The van der Waals surface area contributed by atoms with Crippen LogP contribution in [0.3, 0.4) is 0 Å². The molecule has 5 nitrogen and oxygen atoms in total. The van der Waals surface area contributed by atoms with Gasteiger partial charge in [0.05, 0.1) is 18.4 Å². The topological polar surface area (TPSA) is 62.3 Å². The Bertz CT molecular complexity index is 573. The van der Waals surface area contributed by atoms with Crippen LogP contribution in [0, 0.1) is 17.3 Å². The number of fused-ring (bicyclic) bond motifs is 1. The Hall–Kier alpha value is -1.91. The molecule has 1 aliphatic heterocycles. The first-order valence-electron chi connectivity index (χ1n) is 7.51. The summed E-state index contributed by atoms with van der Waals surface area (Å²) in [6.45, 7) is 7.29. The lowest BCUT2D eigenvalue weighted by atomic mass is 10.1. The average molecular weight is 287 g/mol. The molecule has 0 aromatic carbocycles. The molecule has 1 saturated heterocycles. The molecule has 2 atom stereocenters. The summed E-state index contributed by atoms with van der Waals surface area (Å²) in [4.78, 5) is 30.3. The number of likely N-dealkylation sites (tertiary alicyclic amines) is 1. The van der Waals surface area contributed by atoms with Crippen molar-refractivity contribution in [3.8, 4) is 0 Å². The molecule has 3 rings (SSSR count). The zero-order valence-corrected chi connectivity index (χ0v) is 12.7. The van der Waals surface area contributed by atoms with Crippen molar-refractivity contribution in [1.29, 1.82) is 0 Å². The minimum atomic E-state index is -0.142. The van der Waals surface area contributed by atoms with Gasteiger partial charge in [0.1, 0.15) is 5.82 Å². The molecular formula is C16H21N3O2. The lowest BCUT2D eigenvalue weighted by molar-refractivity contribution is -0.143. The highest BCUT2D eigenvalue weighted by molar-refractivity contribution is 6.10. The van der Waals surface area contributed by atoms with Crippen molar-refractivity contribution in [1.82, 2.24) is 9.88 Å². The third kappa shape index (κ3) is 2.20. The number of carbonyl (C=O) groups is 2. The first-order chi connectivity index (χ1) is 9.96. The van der Waals surface area contributed by atoms with Crippen molar-refractivity contribution < 1.29 is 9.59 Å². The second-order valence-corrected chi connectivity index (χ2v) is 6.52. The summed E-state index contributed by atoms with van der Waals surface area (Å²) in [6, 6.07) is 3.76. The van der Waals surface area contributed by atoms with Crippen LogP contribution < -0.4 is 5.32 Å². The Balaban J connectivity index is 1.71. The van der Waals surface area contributed by atoms with Gasteiger partial charge < -0.3 is 5.32 Å². The van der Waals surface area contributed by atoms with Crippen molar-refractivity contribution in [2.75, 3.05) is 11.9 Å². The largest absolute Gasteiger partial charge is 0.370 e. The van der Waals surface area contributed by atoms with Crippen LogP contribution in [0.25, 0.3) is 0 Å². The molecule has 1 N–H and O–H groups in total. The van der Waals surface area contributed by atoms with E-state index in [1.807, 2.05) is 26.0 Å². The number of anilines is 1.